The van der Waals surface area contributed by atoms with Crippen LogP contribution in [0.15, 0.2) is 59.8 Å². The maximum Gasteiger partial charge on any atom is 0.243 e. The second kappa shape index (κ2) is 6.75. The third kappa shape index (κ3) is 3.20. The zero-order chi connectivity index (χ0) is 19.0. The molecule has 4 rings (SSSR count). The van der Waals surface area contributed by atoms with Crippen molar-refractivity contribution in [2.24, 2.45) is 0 Å². The molecule has 27 heavy (non-hydrogen) atoms. The SMILES string of the molecule is CC(=O)c1ccc(S(=O)(=O)N2CC=C(c3c[nH]c4ncccc34)CC2)cc1. The van der Waals surface area contributed by atoms with Gasteiger partial charge in [-0.3, -0.25) is 4.79 Å². The van der Waals surface area contributed by atoms with E-state index in [4.69, 9.17) is 0 Å². The molecule has 1 aromatic carbocycles. The van der Waals surface area contributed by atoms with Gasteiger partial charge in [0.25, 0.3) is 0 Å². The van der Waals surface area contributed by atoms with E-state index in [9.17, 15) is 13.2 Å². The average molecular weight is 381 g/mol. The first kappa shape index (κ1) is 17.6. The number of nitrogens with one attached hydrogen (secondary N) is 1. The summed E-state index contributed by atoms with van der Waals surface area (Å²) in [7, 11) is -3.58. The summed E-state index contributed by atoms with van der Waals surface area (Å²) < 4.78 is 27.2. The van der Waals surface area contributed by atoms with Crippen molar-refractivity contribution in [2.75, 3.05) is 13.1 Å². The molecule has 3 aromatic rings. The van der Waals surface area contributed by atoms with Crippen molar-refractivity contribution in [3.63, 3.8) is 0 Å². The van der Waals surface area contributed by atoms with Crippen LogP contribution in [-0.2, 0) is 10.0 Å². The number of aromatic nitrogens is 2. The monoisotopic (exact) mass is 381 g/mol. The molecular formula is C20H19N3O3S. The summed E-state index contributed by atoms with van der Waals surface area (Å²) in [6.07, 6.45) is 6.25. The van der Waals surface area contributed by atoms with E-state index in [1.165, 1.54) is 23.4 Å². The fourth-order valence-electron chi connectivity index (χ4n) is 3.35. The Kier molecular flexibility index (Phi) is 4.41. The van der Waals surface area contributed by atoms with E-state index >= 15 is 0 Å². The standard InChI is InChI=1S/C20H19N3O3S/c1-14(24)15-4-6-17(7-5-15)27(25,26)23-11-8-16(9-12-23)19-13-22-20-18(19)3-2-10-21-20/h2-8,10,13H,9,11-12H2,1H3,(H,21,22). The van der Waals surface area contributed by atoms with E-state index in [0.29, 0.717) is 25.1 Å². The first-order valence-electron chi connectivity index (χ1n) is 8.69. The third-order valence-corrected chi connectivity index (χ3v) is 6.75. The predicted octanol–water partition coefficient (Wildman–Crippen LogP) is 3.24. The first-order valence-corrected chi connectivity index (χ1v) is 10.1. The summed E-state index contributed by atoms with van der Waals surface area (Å²) in [5.41, 5.74) is 3.52. The van der Waals surface area contributed by atoms with Gasteiger partial charge in [-0.15, -0.1) is 0 Å². The van der Waals surface area contributed by atoms with Gasteiger partial charge in [0.1, 0.15) is 5.65 Å². The highest BCUT2D eigenvalue weighted by Gasteiger charge is 2.27. The topological polar surface area (TPSA) is 83.1 Å². The number of nitrogens with zero attached hydrogens (tertiary/aromatic N) is 2. The maximum absolute atomic E-state index is 12.9. The normalized spacial score (nSPS) is 15.7. The van der Waals surface area contributed by atoms with E-state index in [1.807, 2.05) is 24.4 Å². The number of fused-ring (bicyclic) bond motifs is 1. The van der Waals surface area contributed by atoms with E-state index < -0.39 is 10.0 Å². The van der Waals surface area contributed by atoms with Gasteiger partial charge < -0.3 is 4.98 Å². The molecular weight excluding hydrogens is 362 g/mol. The minimum Gasteiger partial charge on any atom is -0.346 e. The number of Topliss-reactive ketones (excluding diaryl/α,β-unsaturated/α-hetero) is 1. The smallest absolute Gasteiger partial charge is 0.243 e. The molecule has 0 atom stereocenters. The fourth-order valence-corrected chi connectivity index (χ4v) is 4.73. The van der Waals surface area contributed by atoms with Crippen LogP contribution in [0.25, 0.3) is 16.6 Å². The molecule has 7 heteroatoms. The molecule has 1 N–H and O–H groups in total. The average Bonchev–Trinajstić information content (AvgIpc) is 3.12. The second-order valence-corrected chi connectivity index (χ2v) is 8.46. The number of H-pyrrole nitrogens is 1. The number of carbonyl (C=O) groups excluding carboxylic acids is 1. The van der Waals surface area contributed by atoms with Crippen molar-refractivity contribution in [2.45, 2.75) is 18.2 Å². The molecule has 2 aromatic heterocycles. The van der Waals surface area contributed by atoms with E-state index in [1.54, 1.807) is 18.3 Å². The van der Waals surface area contributed by atoms with Gasteiger partial charge in [-0.05, 0) is 43.2 Å². The van der Waals surface area contributed by atoms with Crippen LogP contribution < -0.4 is 0 Å². The molecule has 0 spiro atoms. The third-order valence-electron chi connectivity index (χ3n) is 4.87. The molecule has 0 fully saturated rings. The predicted molar refractivity (Wildman–Crippen MR) is 104 cm³/mol. The number of pyridine rings is 1. The molecule has 0 saturated carbocycles. The first-order chi connectivity index (χ1) is 13.0. The van der Waals surface area contributed by atoms with Crippen molar-refractivity contribution < 1.29 is 13.2 Å². The lowest BCUT2D eigenvalue weighted by molar-refractivity contribution is 0.101. The van der Waals surface area contributed by atoms with E-state index in [0.717, 1.165) is 22.2 Å². The lowest BCUT2D eigenvalue weighted by atomic mass is 10.0. The van der Waals surface area contributed by atoms with Crippen molar-refractivity contribution in [3.05, 3.63) is 66.0 Å². The molecule has 0 unspecified atom stereocenters. The summed E-state index contributed by atoms with van der Waals surface area (Å²) in [5, 5.41) is 1.04. The Morgan fingerprint density at radius 3 is 2.63 bits per heavy atom. The van der Waals surface area contributed by atoms with Crippen molar-refractivity contribution in [1.29, 1.82) is 0 Å². The number of sulfonamides is 1. The Morgan fingerprint density at radius 2 is 1.96 bits per heavy atom. The highest BCUT2D eigenvalue weighted by molar-refractivity contribution is 7.89. The summed E-state index contributed by atoms with van der Waals surface area (Å²) in [5.74, 6) is -0.0854. The molecule has 1 aliphatic heterocycles. The van der Waals surface area contributed by atoms with Gasteiger partial charge in [0.15, 0.2) is 5.78 Å². The quantitative estimate of drug-likeness (QED) is 0.703. The highest BCUT2D eigenvalue weighted by Crippen LogP contribution is 2.30. The summed E-state index contributed by atoms with van der Waals surface area (Å²) in [6.45, 7) is 2.19. The Morgan fingerprint density at radius 1 is 1.19 bits per heavy atom. The Labute approximate surface area is 157 Å². The van der Waals surface area contributed by atoms with Crippen LogP contribution in [0.1, 0.15) is 29.3 Å². The zero-order valence-corrected chi connectivity index (χ0v) is 15.7. The summed E-state index contributed by atoms with van der Waals surface area (Å²) in [4.78, 5) is 19.0. The van der Waals surface area contributed by atoms with Crippen molar-refractivity contribution in [3.8, 4) is 0 Å². The van der Waals surface area contributed by atoms with Crippen LogP contribution in [0.3, 0.4) is 0 Å². The number of aromatic amines is 1. The number of ketones is 1. The van der Waals surface area contributed by atoms with Crippen molar-refractivity contribution >= 4 is 32.4 Å². The lowest BCUT2D eigenvalue weighted by Crippen LogP contribution is -2.34. The Hall–Kier alpha value is -2.77. The summed E-state index contributed by atoms with van der Waals surface area (Å²) in [6, 6.07) is 10.0. The van der Waals surface area contributed by atoms with E-state index in [-0.39, 0.29) is 10.7 Å². The molecule has 3 heterocycles. The summed E-state index contributed by atoms with van der Waals surface area (Å²) >= 11 is 0. The van der Waals surface area contributed by atoms with Gasteiger partial charge in [0.05, 0.1) is 4.90 Å². The highest BCUT2D eigenvalue weighted by atomic mass is 32.2. The molecule has 138 valence electrons. The van der Waals surface area contributed by atoms with Crippen LogP contribution in [0.5, 0.6) is 0 Å². The fraction of sp³-hybridized carbons (Fsp3) is 0.200. The van der Waals surface area contributed by atoms with Crippen LogP contribution in [0, 0.1) is 0 Å². The minimum absolute atomic E-state index is 0.0854. The van der Waals surface area contributed by atoms with Crippen LogP contribution in [0.4, 0.5) is 0 Å². The second-order valence-electron chi connectivity index (χ2n) is 6.52. The maximum atomic E-state index is 12.9. The number of rotatable bonds is 4. The van der Waals surface area contributed by atoms with Gasteiger partial charge in [0, 0.05) is 42.0 Å². The largest absolute Gasteiger partial charge is 0.346 e. The number of carbonyl (C=O) groups is 1. The van der Waals surface area contributed by atoms with Gasteiger partial charge in [0.2, 0.25) is 10.0 Å². The number of hydrogen-bond donors (Lipinski definition) is 1. The molecule has 0 radical (unpaired) electrons. The van der Waals surface area contributed by atoms with Crippen LogP contribution in [-0.4, -0.2) is 41.6 Å². The van der Waals surface area contributed by atoms with Gasteiger partial charge in [-0.2, -0.15) is 4.31 Å². The van der Waals surface area contributed by atoms with Crippen LogP contribution >= 0.6 is 0 Å². The molecule has 6 nitrogen and oxygen atoms in total. The van der Waals surface area contributed by atoms with Crippen molar-refractivity contribution in [1.82, 2.24) is 14.3 Å². The molecule has 0 amide bonds. The molecule has 0 aliphatic carbocycles. The lowest BCUT2D eigenvalue weighted by Gasteiger charge is -2.26. The van der Waals surface area contributed by atoms with Crippen LogP contribution in [0.2, 0.25) is 0 Å². The zero-order valence-electron chi connectivity index (χ0n) is 14.8. The molecule has 0 bridgehead atoms. The molecule has 1 aliphatic rings. The van der Waals surface area contributed by atoms with Gasteiger partial charge in [-0.25, -0.2) is 13.4 Å². The van der Waals surface area contributed by atoms with Gasteiger partial charge >= 0.3 is 0 Å². The van der Waals surface area contributed by atoms with Gasteiger partial charge in [-0.1, -0.05) is 18.2 Å². The Balaban J connectivity index is 1.58. The number of hydrogen-bond acceptors (Lipinski definition) is 4. The number of benzene rings is 1. The Bertz CT molecular complexity index is 1140. The minimum atomic E-state index is -3.58. The van der Waals surface area contributed by atoms with E-state index in [2.05, 4.69) is 9.97 Å². The molecule has 0 saturated heterocycles.